The number of aryl methyl sites for hydroxylation is 2. The maximum absolute atomic E-state index is 12.5. The van der Waals surface area contributed by atoms with Gasteiger partial charge in [-0.3, -0.25) is 19.1 Å². The van der Waals surface area contributed by atoms with E-state index in [0.29, 0.717) is 4.88 Å². The number of fused-ring (bicyclic) bond motifs is 1. The second-order valence-electron chi connectivity index (χ2n) is 5.88. The third kappa shape index (κ3) is 4.38. The SMILES string of the molecule is COCCN(CC(=O)O)C(=O)C(C)NC(=O)c1cc2c(C)nn(C)c2s1. The van der Waals surface area contributed by atoms with E-state index in [0.717, 1.165) is 20.8 Å². The van der Waals surface area contributed by atoms with Crippen molar-refractivity contribution in [1.82, 2.24) is 20.0 Å². The molecule has 0 aromatic carbocycles. The van der Waals surface area contributed by atoms with Crippen LogP contribution in [0, 0.1) is 6.92 Å². The minimum Gasteiger partial charge on any atom is -0.480 e. The maximum Gasteiger partial charge on any atom is 0.323 e. The van der Waals surface area contributed by atoms with Crippen LogP contribution in [0.15, 0.2) is 6.07 Å². The number of nitrogens with zero attached hydrogens (tertiary/aromatic N) is 3. The fraction of sp³-hybridized carbons (Fsp3) is 0.500. The average molecular weight is 382 g/mol. The van der Waals surface area contributed by atoms with Crippen molar-refractivity contribution in [3.63, 3.8) is 0 Å². The summed E-state index contributed by atoms with van der Waals surface area (Å²) in [5, 5.41) is 16.8. The van der Waals surface area contributed by atoms with Crippen LogP contribution in [0.25, 0.3) is 10.2 Å². The summed E-state index contributed by atoms with van der Waals surface area (Å²) in [7, 11) is 3.27. The molecule has 9 nitrogen and oxygen atoms in total. The number of amides is 2. The molecule has 0 aliphatic rings. The lowest BCUT2D eigenvalue weighted by molar-refractivity contribution is -0.145. The Morgan fingerprint density at radius 1 is 1.46 bits per heavy atom. The van der Waals surface area contributed by atoms with Gasteiger partial charge in [0.1, 0.15) is 17.4 Å². The highest BCUT2D eigenvalue weighted by molar-refractivity contribution is 7.20. The molecule has 0 spiro atoms. The first-order valence-electron chi connectivity index (χ1n) is 7.98. The molecule has 2 aromatic heterocycles. The largest absolute Gasteiger partial charge is 0.480 e. The average Bonchev–Trinajstić information content (AvgIpc) is 3.12. The van der Waals surface area contributed by atoms with Gasteiger partial charge in [0.05, 0.1) is 17.2 Å². The molecule has 1 unspecified atom stereocenters. The number of aromatic nitrogens is 2. The van der Waals surface area contributed by atoms with E-state index in [2.05, 4.69) is 10.4 Å². The molecule has 26 heavy (non-hydrogen) atoms. The van der Waals surface area contributed by atoms with Crippen LogP contribution < -0.4 is 5.32 Å². The quantitative estimate of drug-likeness (QED) is 0.692. The van der Waals surface area contributed by atoms with E-state index in [9.17, 15) is 14.4 Å². The van der Waals surface area contributed by atoms with E-state index in [-0.39, 0.29) is 19.1 Å². The van der Waals surface area contributed by atoms with Crippen LogP contribution in [0.3, 0.4) is 0 Å². The topological polar surface area (TPSA) is 114 Å². The smallest absolute Gasteiger partial charge is 0.323 e. The van der Waals surface area contributed by atoms with E-state index >= 15 is 0 Å². The van der Waals surface area contributed by atoms with Crippen molar-refractivity contribution in [2.24, 2.45) is 7.05 Å². The summed E-state index contributed by atoms with van der Waals surface area (Å²) in [6.07, 6.45) is 0. The van der Waals surface area contributed by atoms with E-state index in [1.54, 1.807) is 17.8 Å². The van der Waals surface area contributed by atoms with Gasteiger partial charge >= 0.3 is 5.97 Å². The van der Waals surface area contributed by atoms with Gasteiger partial charge in [-0.05, 0) is 19.9 Å². The first-order valence-corrected chi connectivity index (χ1v) is 8.79. The van der Waals surface area contributed by atoms with E-state index in [1.807, 2.05) is 6.92 Å². The summed E-state index contributed by atoms with van der Waals surface area (Å²) in [6, 6.07) is 0.887. The van der Waals surface area contributed by atoms with Gasteiger partial charge in [0.15, 0.2) is 0 Å². The van der Waals surface area contributed by atoms with Crippen LogP contribution in [-0.2, 0) is 21.4 Å². The minimum absolute atomic E-state index is 0.135. The number of carbonyl (C=O) groups excluding carboxylic acids is 2. The Kier molecular flexibility index (Phi) is 6.32. The molecule has 1 atom stereocenters. The van der Waals surface area contributed by atoms with Gasteiger partial charge in [0, 0.05) is 26.1 Å². The van der Waals surface area contributed by atoms with Crippen LogP contribution >= 0.6 is 11.3 Å². The number of nitrogens with one attached hydrogen (secondary N) is 1. The summed E-state index contributed by atoms with van der Waals surface area (Å²) in [5.74, 6) is -1.98. The molecule has 0 aliphatic carbocycles. The van der Waals surface area contributed by atoms with Gasteiger partial charge in [-0.25, -0.2) is 0 Å². The van der Waals surface area contributed by atoms with Gasteiger partial charge in [-0.2, -0.15) is 5.10 Å². The number of ether oxygens (including phenoxy) is 1. The van der Waals surface area contributed by atoms with Crippen molar-refractivity contribution in [2.45, 2.75) is 19.9 Å². The Balaban J connectivity index is 2.08. The van der Waals surface area contributed by atoms with Gasteiger partial charge in [0.2, 0.25) is 5.91 Å². The van der Waals surface area contributed by atoms with Crippen LogP contribution in [0.4, 0.5) is 0 Å². The molecule has 2 amide bonds. The number of carboxylic acids is 1. The molecule has 0 bridgehead atoms. The Hall–Kier alpha value is -2.46. The summed E-state index contributed by atoms with van der Waals surface area (Å²) in [4.78, 5) is 38.4. The Morgan fingerprint density at radius 3 is 2.73 bits per heavy atom. The second-order valence-corrected chi connectivity index (χ2v) is 6.91. The number of rotatable bonds is 8. The van der Waals surface area contributed by atoms with E-state index in [4.69, 9.17) is 9.84 Å². The molecule has 2 heterocycles. The zero-order valence-corrected chi connectivity index (χ0v) is 15.9. The van der Waals surface area contributed by atoms with Crippen molar-refractivity contribution < 1.29 is 24.2 Å². The first kappa shape index (κ1) is 19.9. The van der Waals surface area contributed by atoms with Crippen LogP contribution in [0.1, 0.15) is 22.3 Å². The molecule has 142 valence electrons. The second kappa shape index (κ2) is 8.28. The van der Waals surface area contributed by atoms with Crippen LogP contribution in [0.5, 0.6) is 0 Å². The van der Waals surface area contributed by atoms with Gasteiger partial charge in [-0.15, -0.1) is 11.3 Å². The van der Waals surface area contributed by atoms with Crippen molar-refractivity contribution in [1.29, 1.82) is 0 Å². The fourth-order valence-electron chi connectivity index (χ4n) is 2.55. The number of aliphatic carboxylic acids is 1. The molecule has 0 saturated heterocycles. The van der Waals surface area contributed by atoms with Crippen molar-refractivity contribution >= 4 is 39.3 Å². The number of methoxy groups -OCH3 is 1. The lowest BCUT2D eigenvalue weighted by Gasteiger charge is -2.24. The summed E-state index contributed by atoms with van der Waals surface area (Å²) < 4.78 is 6.61. The number of carboxylic acid groups (broad SMARTS) is 1. The van der Waals surface area contributed by atoms with Gasteiger partial charge < -0.3 is 20.1 Å². The molecule has 10 heteroatoms. The lowest BCUT2D eigenvalue weighted by Crippen LogP contribution is -2.49. The summed E-state index contributed by atoms with van der Waals surface area (Å²) in [5.41, 5.74) is 0.828. The van der Waals surface area contributed by atoms with E-state index < -0.39 is 24.5 Å². The normalized spacial score (nSPS) is 12.2. The highest BCUT2D eigenvalue weighted by Crippen LogP contribution is 2.27. The molecule has 0 aliphatic heterocycles. The molecular weight excluding hydrogens is 360 g/mol. The number of thiophene rings is 1. The van der Waals surface area contributed by atoms with Crippen molar-refractivity contribution in [2.75, 3.05) is 26.8 Å². The number of hydrogen-bond acceptors (Lipinski definition) is 6. The molecule has 2 N–H and O–H groups in total. The highest BCUT2D eigenvalue weighted by atomic mass is 32.1. The Morgan fingerprint density at radius 2 is 2.15 bits per heavy atom. The van der Waals surface area contributed by atoms with E-state index in [1.165, 1.54) is 25.4 Å². The Bertz CT molecular complexity index is 794. The maximum atomic E-state index is 12.5. The zero-order valence-electron chi connectivity index (χ0n) is 15.1. The molecule has 0 saturated carbocycles. The van der Waals surface area contributed by atoms with Crippen LogP contribution in [0.2, 0.25) is 0 Å². The fourth-order valence-corrected chi connectivity index (χ4v) is 3.58. The minimum atomic E-state index is -1.12. The third-order valence-corrected chi connectivity index (χ3v) is 5.04. The lowest BCUT2D eigenvalue weighted by atomic mass is 10.2. The predicted molar refractivity (Wildman–Crippen MR) is 96.3 cm³/mol. The van der Waals surface area contributed by atoms with Gasteiger partial charge in [0.25, 0.3) is 5.91 Å². The molecule has 0 fully saturated rings. The Labute approximate surface area is 154 Å². The monoisotopic (exact) mass is 382 g/mol. The standard InChI is InChI=1S/C16H22N4O5S/c1-9-11-7-12(26-16(11)19(3)18-9)14(23)17-10(2)15(24)20(5-6-25-4)8-13(21)22/h7,10H,5-6,8H2,1-4H3,(H,17,23)(H,21,22). The molecule has 0 radical (unpaired) electrons. The number of hydrogen-bond donors (Lipinski definition) is 2. The predicted octanol–water partition coefficient (Wildman–Crippen LogP) is 0.621. The highest BCUT2D eigenvalue weighted by Gasteiger charge is 2.25. The summed E-state index contributed by atoms with van der Waals surface area (Å²) in [6.45, 7) is 3.29. The van der Waals surface area contributed by atoms with Crippen molar-refractivity contribution in [3.8, 4) is 0 Å². The molecule has 2 aromatic rings. The number of carbonyl (C=O) groups is 3. The molecule has 2 rings (SSSR count). The molecular formula is C16H22N4O5S. The zero-order chi connectivity index (χ0) is 19.4. The van der Waals surface area contributed by atoms with Crippen molar-refractivity contribution in [3.05, 3.63) is 16.6 Å². The third-order valence-electron chi connectivity index (χ3n) is 3.84. The first-order chi connectivity index (χ1) is 12.2. The van der Waals surface area contributed by atoms with Crippen LogP contribution in [-0.4, -0.2) is 70.4 Å². The van der Waals surface area contributed by atoms with Gasteiger partial charge in [-0.1, -0.05) is 0 Å². The summed E-state index contributed by atoms with van der Waals surface area (Å²) >= 11 is 1.29.